The number of benzene rings is 2. The van der Waals surface area contributed by atoms with Crippen LogP contribution in [0.3, 0.4) is 0 Å². The van der Waals surface area contributed by atoms with Gasteiger partial charge in [0, 0.05) is 29.2 Å². The van der Waals surface area contributed by atoms with Crippen LogP contribution >= 0.6 is 11.6 Å². The van der Waals surface area contributed by atoms with Crippen molar-refractivity contribution in [3.05, 3.63) is 74.8 Å². The molecule has 166 valence electrons. The van der Waals surface area contributed by atoms with E-state index in [2.05, 4.69) is 5.32 Å². The minimum absolute atomic E-state index is 0.0238. The maximum atomic E-state index is 13.3. The Morgan fingerprint density at radius 1 is 1.10 bits per heavy atom. The molecule has 0 fully saturated rings. The SMILES string of the molecule is CC[C@H](C(=O)N[C@@H](C)CC)N(Cc1ccc(Cl)cc1)C(=O)Cc1ccccc1[N+](=O)[O-]. The molecule has 1 N–H and O–H groups in total. The fourth-order valence-electron chi connectivity index (χ4n) is 3.25. The van der Waals surface area contributed by atoms with Crippen LogP contribution in [0.5, 0.6) is 0 Å². The van der Waals surface area contributed by atoms with Gasteiger partial charge < -0.3 is 10.2 Å². The summed E-state index contributed by atoms with van der Waals surface area (Å²) >= 11 is 5.97. The number of rotatable bonds is 10. The Labute approximate surface area is 187 Å². The van der Waals surface area contributed by atoms with E-state index < -0.39 is 11.0 Å². The summed E-state index contributed by atoms with van der Waals surface area (Å²) in [5.74, 6) is -0.586. The molecule has 2 amide bonds. The average Bonchev–Trinajstić information content (AvgIpc) is 2.75. The van der Waals surface area contributed by atoms with E-state index in [4.69, 9.17) is 11.6 Å². The Morgan fingerprint density at radius 3 is 2.32 bits per heavy atom. The van der Waals surface area contributed by atoms with Gasteiger partial charge in [-0.05, 0) is 37.5 Å². The topological polar surface area (TPSA) is 92.6 Å². The molecule has 0 aromatic heterocycles. The molecular weight excluding hydrogens is 418 g/mol. The highest BCUT2D eigenvalue weighted by Crippen LogP contribution is 2.21. The molecule has 7 nitrogen and oxygen atoms in total. The van der Waals surface area contributed by atoms with Gasteiger partial charge in [0.15, 0.2) is 0 Å². The quantitative estimate of drug-likeness (QED) is 0.430. The van der Waals surface area contributed by atoms with Crippen molar-refractivity contribution in [2.45, 2.75) is 58.7 Å². The Balaban J connectivity index is 2.35. The first kappa shape index (κ1) is 24.3. The van der Waals surface area contributed by atoms with Crippen molar-refractivity contribution in [3.8, 4) is 0 Å². The summed E-state index contributed by atoms with van der Waals surface area (Å²) in [4.78, 5) is 38.6. The number of hydrogen-bond donors (Lipinski definition) is 1. The maximum absolute atomic E-state index is 13.3. The molecule has 2 aromatic rings. The van der Waals surface area contributed by atoms with E-state index in [0.717, 1.165) is 12.0 Å². The minimum Gasteiger partial charge on any atom is -0.352 e. The molecule has 0 heterocycles. The maximum Gasteiger partial charge on any atom is 0.273 e. The summed E-state index contributed by atoms with van der Waals surface area (Å²) in [5, 5.41) is 14.9. The molecule has 8 heteroatoms. The summed E-state index contributed by atoms with van der Waals surface area (Å²) in [5.41, 5.74) is 1.02. The summed E-state index contributed by atoms with van der Waals surface area (Å²) in [7, 11) is 0. The van der Waals surface area contributed by atoms with E-state index in [9.17, 15) is 19.7 Å². The van der Waals surface area contributed by atoms with Gasteiger partial charge >= 0.3 is 0 Å². The monoisotopic (exact) mass is 445 g/mol. The fourth-order valence-corrected chi connectivity index (χ4v) is 3.38. The number of para-hydroxylation sites is 1. The normalized spacial score (nSPS) is 12.6. The Bertz CT molecular complexity index is 917. The molecule has 2 rings (SSSR count). The minimum atomic E-state index is -0.694. The second kappa shape index (κ2) is 11.5. The zero-order chi connectivity index (χ0) is 23.0. The second-order valence-electron chi connectivity index (χ2n) is 7.45. The number of nitro groups is 1. The number of halogens is 1. The van der Waals surface area contributed by atoms with Gasteiger partial charge in [-0.3, -0.25) is 19.7 Å². The van der Waals surface area contributed by atoms with Crippen molar-refractivity contribution in [1.29, 1.82) is 0 Å². The number of nitro benzene ring substituents is 1. The van der Waals surface area contributed by atoms with E-state index in [1.807, 2.05) is 20.8 Å². The van der Waals surface area contributed by atoms with E-state index in [0.29, 0.717) is 17.0 Å². The van der Waals surface area contributed by atoms with Crippen LogP contribution in [0.2, 0.25) is 5.02 Å². The molecular formula is C23H28ClN3O4. The average molecular weight is 446 g/mol. The number of carbonyl (C=O) groups excluding carboxylic acids is 2. The van der Waals surface area contributed by atoms with Crippen LogP contribution in [-0.4, -0.2) is 33.7 Å². The van der Waals surface area contributed by atoms with E-state index in [1.165, 1.54) is 11.0 Å². The summed E-state index contributed by atoms with van der Waals surface area (Å²) in [6.45, 7) is 5.91. The van der Waals surface area contributed by atoms with Crippen LogP contribution in [0, 0.1) is 10.1 Å². The van der Waals surface area contributed by atoms with E-state index >= 15 is 0 Å². The van der Waals surface area contributed by atoms with Gasteiger partial charge in [0.2, 0.25) is 11.8 Å². The summed E-state index contributed by atoms with van der Waals surface area (Å²) in [6.07, 6.45) is 1.01. The highest BCUT2D eigenvalue weighted by molar-refractivity contribution is 6.30. The van der Waals surface area contributed by atoms with Crippen LogP contribution in [0.4, 0.5) is 5.69 Å². The third-order valence-corrected chi connectivity index (χ3v) is 5.44. The van der Waals surface area contributed by atoms with Gasteiger partial charge in [0.1, 0.15) is 6.04 Å². The smallest absolute Gasteiger partial charge is 0.273 e. The predicted molar refractivity (Wildman–Crippen MR) is 121 cm³/mol. The zero-order valence-corrected chi connectivity index (χ0v) is 18.8. The number of amides is 2. The highest BCUT2D eigenvalue weighted by Gasteiger charge is 2.30. The number of nitrogens with zero attached hydrogens (tertiary/aromatic N) is 2. The lowest BCUT2D eigenvalue weighted by Crippen LogP contribution is -2.51. The Morgan fingerprint density at radius 2 is 1.74 bits per heavy atom. The van der Waals surface area contributed by atoms with Crippen LogP contribution in [0.15, 0.2) is 48.5 Å². The van der Waals surface area contributed by atoms with Crippen LogP contribution in [0.1, 0.15) is 44.7 Å². The van der Waals surface area contributed by atoms with Crippen molar-refractivity contribution in [1.82, 2.24) is 10.2 Å². The molecule has 31 heavy (non-hydrogen) atoms. The number of carbonyl (C=O) groups is 2. The molecule has 0 spiro atoms. The number of hydrogen-bond acceptors (Lipinski definition) is 4. The van der Waals surface area contributed by atoms with Crippen molar-refractivity contribution in [2.24, 2.45) is 0 Å². The molecule has 0 unspecified atom stereocenters. The van der Waals surface area contributed by atoms with Crippen LogP contribution in [-0.2, 0) is 22.6 Å². The standard InChI is InChI=1S/C23H28ClN3O4/c1-4-16(3)25-23(29)20(5-2)26(15-17-10-12-19(24)13-11-17)22(28)14-18-8-6-7-9-21(18)27(30)31/h6-13,16,20H,4-5,14-15H2,1-3H3,(H,25,29)/t16-,20+/m0/s1. The fraction of sp³-hybridized carbons (Fsp3) is 0.391. The summed E-state index contributed by atoms with van der Waals surface area (Å²) in [6, 6.07) is 12.5. The number of nitrogens with one attached hydrogen (secondary N) is 1. The highest BCUT2D eigenvalue weighted by atomic mass is 35.5. The van der Waals surface area contributed by atoms with Crippen molar-refractivity contribution in [3.63, 3.8) is 0 Å². The van der Waals surface area contributed by atoms with Gasteiger partial charge in [0.05, 0.1) is 11.3 Å². The third-order valence-electron chi connectivity index (χ3n) is 5.18. The second-order valence-corrected chi connectivity index (χ2v) is 7.89. The molecule has 0 saturated heterocycles. The largest absolute Gasteiger partial charge is 0.352 e. The predicted octanol–water partition coefficient (Wildman–Crippen LogP) is 4.51. The molecule has 0 saturated carbocycles. The van der Waals surface area contributed by atoms with E-state index in [1.54, 1.807) is 42.5 Å². The Kier molecular flexibility index (Phi) is 9.00. The first-order valence-electron chi connectivity index (χ1n) is 10.3. The molecule has 0 aliphatic heterocycles. The molecule has 0 aliphatic rings. The lowest BCUT2D eigenvalue weighted by Gasteiger charge is -2.31. The molecule has 0 radical (unpaired) electrons. The lowest BCUT2D eigenvalue weighted by molar-refractivity contribution is -0.385. The third kappa shape index (κ3) is 6.79. The van der Waals surface area contributed by atoms with Crippen molar-refractivity contribution in [2.75, 3.05) is 0 Å². The van der Waals surface area contributed by atoms with Gasteiger partial charge in [0.25, 0.3) is 5.69 Å². The molecule has 0 aliphatic carbocycles. The molecule has 2 atom stereocenters. The molecule has 2 aromatic carbocycles. The lowest BCUT2D eigenvalue weighted by atomic mass is 10.0. The van der Waals surface area contributed by atoms with Gasteiger partial charge in [-0.15, -0.1) is 0 Å². The Hall–Kier alpha value is -2.93. The van der Waals surface area contributed by atoms with Gasteiger partial charge in [-0.2, -0.15) is 0 Å². The molecule has 0 bridgehead atoms. The van der Waals surface area contributed by atoms with E-state index in [-0.39, 0.29) is 36.5 Å². The van der Waals surface area contributed by atoms with Crippen LogP contribution < -0.4 is 5.32 Å². The summed E-state index contributed by atoms with van der Waals surface area (Å²) < 4.78 is 0. The van der Waals surface area contributed by atoms with Gasteiger partial charge in [-0.25, -0.2) is 0 Å². The first-order valence-corrected chi connectivity index (χ1v) is 10.7. The van der Waals surface area contributed by atoms with Crippen molar-refractivity contribution < 1.29 is 14.5 Å². The van der Waals surface area contributed by atoms with Crippen LogP contribution in [0.25, 0.3) is 0 Å². The zero-order valence-electron chi connectivity index (χ0n) is 18.0. The first-order chi connectivity index (χ1) is 14.8. The van der Waals surface area contributed by atoms with Crippen molar-refractivity contribution >= 4 is 29.1 Å². The van der Waals surface area contributed by atoms with Gasteiger partial charge in [-0.1, -0.05) is 55.8 Å².